The number of hydrogen-bond acceptors (Lipinski definition) is 7. The molecule has 166 valence electrons. The van der Waals surface area contributed by atoms with E-state index in [4.69, 9.17) is 32.5 Å². The molecule has 2 aromatic carbocycles. The quantitative estimate of drug-likeness (QED) is 0.209. The lowest BCUT2D eigenvalue weighted by atomic mass is 9.96. The van der Waals surface area contributed by atoms with Crippen molar-refractivity contribution < 1.29 is 14.1 Å². The zero-order valence-corrected chi connectivity index (χ0v) is 19.0. The van der Waals surface area contributed by atoms with Crippen LogP contribution in [0.3, 0.4) is 0 Å². The average molecular weight is 481 g/mol. The van der Waals surface area contributed by atoms with Gasteiger partial charge in [0.05, 0.1) is 13.0 Å². The van der Waals surface area contributed by atoms with Gasteiger partial charge in [0.1, 0.15) is 11.3 Å². The van der Waals surface area contributed by atoms with Crippen molar-refractivity contribution in [2.45, 2.75) is 18.0 Å². The number of ketones is 1. The summed E-state index contributed by atoms with van der Waals surface area (Å²) in [4.78, 5) is 23.8. The monoisotopic (exact) mass is 480 g/mol. The zero-order valence-electron chi connectivity index (χ0n) is 17.5. The Kier molecular flexibility index (Phi) is 5.74. The Morgan fingerprint density at radius 2 is 1.88 bits per heavy atom. The first-order chi connectivity index (χ1) is 16.0. The second kappa shape index (κ2) is 8.84. The molecular formula is C24H18Cl2N4O3. The molecule has 2 unspecified atom stereocenters. The number of pyridine rings is 1. The Bertz CT molecular complexity index is 1290. The van der Waals surface area contributed by atoms with Crippen LogP contribution in [0.2, 0.25) is 5.02 Å². The molecule has 7 nitrogen and oxygen atoms in total. The van der Waals surface area contributed by atoms with Gasteiger partial charge in [0.2, 0.25) is 11.6 Å². The maximum Gasteiger partial charge on any atom is 0.295 e. The third kappa shape index (κ3) is 4.05. The number of aromatic nitrogens is 3. The predicted molar refractivity (Wildman–Crippen MR) is 125 cm³/mol. The largest absolute Gasteiger partial charge is 0.497 e. The third-order valence-corrected chi connectivity index (χ3v) is 6.32. The number of benzene rings is 2. The molecule has 9 heteroatoms. The molecule has 0 amide bonds. The van der Waals surface area contributed by atoms with Crippen molar-refractivity contribution in [1.82, 2.24) is 15.1 Å². The van der Waals surface area contributed by atoms with Crippen LogP contribution < -0.4 is 9.64 Å². The Hall–Kier alpha value is -3.42. The highest BCUT2D eigenvalue weighted by molar-refractivity contribution is 6.30. The van der Waals surface area contributed by atoms with E-state index in [2.05, 4.69) is 15.1 Å². The fourth-order valence-corrected chi connectivity index (χ4v) is 4.48. The number of rotatable bonds is 6. The van der Waals surface area contributed by atoms with Crippen LogP contribution >= 0.6 is 23.2 Å². The molecular weight excluding hydrogens is 463 g/mol. The molecule has 1 aliphatic rings. The number of carbonyl (C=O) groups is 1. The van der Waals surface area contributed by atoms with Crippen LogP contribution in [0.15, 0.2) is 71.5 Å². The molecule has 0 spiro atoms. The Labute approximate surface area is 199 Å². The number of Topliss-reactive ketones (excluding diaryl/α,β-unsaturated/α-hetero) is 1. The van der Waals surface area contributed by atoms with E-state index in [1.807, 2.05) is 47.4 Å². The first-order valence-corrected chi connectivity index (χ1v) is 11.0. The van der Waals surface area contributed by atoms with Crippen LogP contribution in [-0.4, -0.2) is 33.5 Å². The van der Waals surface area contributed by atoms with Crippen molar-refractivity contribution in [1.29, 1.82) is 0 Å². The SMILES string of the molecule is COc1ccc2c(c1)C(C(=O)c1nc(-c3ccncc3)no1)C(Cl)N2Cc1ccc(Cl)cc1. The van der Waals surface area contributed by atoms with Crippen molar-refractivity contribution in [2.75, 3.05) is 12.0 Å². The van der Waals surface area contributed by atoms with Crippen molar-refractivity contribution >= 4 is 34.7 Å². The van der Waals surface area contributed by atoms with Crippen LogP contribution in [0, 0.1) is 0 Å². The number of halogens is 2. The summed E-state index contributed by atoms with van der Waals surface area (Å²) in [7, 11) is 1.58. The first kappa shape index (κ1) is 21.4. The first-order valence-electron chi connectivity index (χ1n) is 10.2. The average Bonchev–Trinajstić information content (AvgIpc) is 3.44. The molecule has 0 fully saturated rings. The van der Waals surface area contributed by atoms with Crippen molar-refractivity contribution in [3.05, 3.63) is 89.0 Å². The second-order valence-corrected chi connectivity index (χ2v) is 8.44. The molecule has 0 radical (unpaired) electrons. The van der Waals surface area contributed by atoms with Crippen molar-refractivity contribution in [2.24, 2.45) is 0 Å². The van der Waals surface area contributed by atoms with E-state index in [1.54, 1.807) is 31.6 Å². The van der Waals surface area contributed by atoms with Gasteiger partial charge >= 0.3 is 0 Å². The summed E-state index contributed by atoms with van der Waals surface area (Å²) >= 11 is 12.9. The van der Waals surface area contributed by atoms with E-state index < -0.39 is 11.4 Å². The fourth-order valence-electron chi connectivity index (χ4n) is 3.93. The zero-order chi connectivity index (χ0) is 22.9. The minimum Gasteiger partial charge on any atom is -0.497 e. The highest BCUT2D eigenvalue weighted by Crippen LogP contribution is 2.46. The molecule has 33 heavy (non-hydrogen) atoms. The van der Waals surface area contributed by atoms with Gasteiger partial charge in [0, 0.05) is 35.2 Å². The Morgan fingerprint density at radius 1 is 1.12 bits per heavy atom. The summed E-state index contributed by atoms with van der Waals surface area (Å²) in [6, 6.07) is 16.6. The Balaban J connectivity index is 1.50. The highest BCUT2D eigenvalue weighted by atomic mass is 35.5. The maximum atomic E-state index is 13.5. The standard InChI is InChI=1S/C24H18Cl2N4O3/c1-32-17-6-7-19-18(12-17)20(22(26)30(19)13-14-2-4-16(25)5-3-14)21(31)24-28-23(29-33-24)15-8-10-27-11-9-15/h2-12,20,22H,13H2,1H3. The van der Waals surface area contributed by atoms with Gasteiger partial charge < -0.3 is 14.2 Å². The summed E-state index contributed by atoms with van der Waals surface area (Å²) in [6.07, 6.45) is 3.24. The summed E-state index contributed by atoms with van der Waals surface area (Å²) in [5.74, 6) is -0.217. The molecule has 2 atom stereocenters. The minimum absolute atomic E-state index is 0.0976. The Morgan fingerprint density at radius 3 is 2.61 bits per heavy atom. The van der Waals surface area contributed by atoms with E-state index in [9.17, 15) is 4.79 Å². The van der Waals surface area contributed by atoms with Gasteiger partial charge in [0.25, 0.3) is 5.89 Å². The molecule has 5 rings (SSSR count). The van der Waals surface area contributed by atoms with Crippen molar-refractivity contribution in [3.8, 4) is 17.1 Å². The lowest BCUT2D eigenvalue weighted by Gasteiger charge is -2.25. The highest BCUT2D eigenvalue weighted by Gasteiger charge is 2.44. The molecule has 0 saturated carbocycles. The van der Waals surface area contributed by atoms with Crippen molar-refractivity contribution in [3.63, 3.8) is 0 Å². The molecule has 4 aromatic rings. The van der Waals surface area contributed by atoms with Gasteiger partial charge in [0.15, 0.2) is 0 Å². The number of methoxy groups -OCH3 is 1. The number of ether oxygens (including phenoxy) is 1. The normalized spacial score (nSPS) is 17.1. The smallest absolute Gasteiger partial charge is 0.295 e. The van der Waals surface area contributed by atoms with E-state index in [1.165, 1.54) is 0 Å². The van der Waals surface area contributed by atoms with Crippen LogP contribution in [0.5, 0.6) is 5.75 Å². The predicted octanol–water partition coefficient (Wildman–Crippen LogP) is 5.35. The molecule has 0 aliphatic carbocycles. The van der Waals surface area contributed by atoms with E-state index in [-0.39, 0.29) is 11.7 Å². The number of alkyl halides is 1. The van der Waals surface area contributed by atoms with Gasteiger partial charge in [-0.15, -0.1) is 0 Å². The van der Waals surface area contributed by atoms with E-state index in [0.717, 1.165) is 16.8 Å². The topological polar surface area (TPSA) is 81.3 Å². The van der Waals surface area contributed by atoms with E-state index >= 15 is 0 Å². The second-order valence-electron chi connectivity index (χ2n) is 7.55. The van der Waals surface area contributed by atoms with Crippen LogP contribution in [0.4, 0.5) is 5.69 Å². The molecule has 0 bridgehead atoms. The molecule has 0 N–H and O–H groups in total. The summed E-state index contributed by atoms with van der Waals surface area (Å²) in [6.45, 7) is 0.501. The lowest BCUT2D eigenvalue weighted by molar-refractivity contribution is 0.0917. The minimum atomic E-state index is -0.713. The van der Waals surface area contributed by atoms with Crippen LogP contribution in [0.25, 0.3) is 11.4 Å². The summed E-state index contributed by atoms with van der Waals surface area (Å²) in [5, 5.41) is 4.61. The van der Waals surface area contributed by atoms with Crippen LogP contribution in [0.1, 0.15) is 27.7 Å². The van der Waals surface area contributed by atoms with E-state index in [0.29, 0.717) is 28.7 Å². The van der Waals surface area contributed by atoms with Gasteiger partial charge in [-0.05, 0) is 53.6 Å². The number of carbonyl (C=O) groups excluding carboxylic acids is 1. The molecule has 3 heterocycles. The van der Waals surface area contributed by atoms with Crippen LogP contribution in [-0.2, 0) is 6.54 Å². The molecule has 2 aromatic heterocycles. The fraction of sp³-hybridized carbons (Fsp3) is 0.167. The third-order valence-electron chi connectivity index (χ3n) is 5.58. The van der Waals surface area contributed by atoms with Gasteiger partial charge in [-0.3, -0.25) is 9.78 Å². The lowest BCUT2D eigenvalue weighted by Crippen LogP contribution is -2.32. The van der Waals surface area contributed by atoms with Gasteiger partial charge in [-0.25, -0.2) is 0 Å². The summed E-state index contributed by atoms with van der Waals surface area (Å²) in [5.41, 5.74) is 2.65. The maximum absolute atomic E-state index is 13.5. The van der Waals surface area contributed by atoms with Gasteiger partial charge in [-0.2, -0.15) is 4.98 Å². The number of nitrogens with zero attached hydrogens (tertiary/aromatic N) is 4. The summed E-state index contributed by atoms with van der Waals surface area (Å²) < 4.78 is 10.7. The number of hydrogen-bond donors (Lipinski definition) is 0. The molecule has 0 saturated heterocycles. The number of anilines is 1. The van der Waals surface area contributed by atoms with Gasteiger partial charge in [-0.1, -0.05) is 40.5 Å². The molecule has 1 aliphatic heterocycles. The number of fused-ring (bicyclic) bond motifs is 1.